The number of nitrogens with one attached hydrogen (secondary N) is 2. The second-order valence-corrected chi connectivity index (χ2v) is 7.12. The summed E-state index contributed by atoms with van der Waals surface area (Å²) in [5.74, 6) is 2.77. The maximum atomic E-state index is 12.6. The minimum Gasteiger partial charge on any atom is -0.454 e. The Morgan fingerprint density at radius 3 is 2.58 bits per heavy atom. The molecule has 10 nitrogen and oxygen atoms in total. The lowest BCUT2D eigenvalue weighted by atomic mass is 10.2. The van der Waals surface area contributed by atoms with E-state index < -0.39 is 0 Å². The van der Waals surface area contributed by atoms with Crippen molar-refractivity contribution in [3.63, 3.8) is 0 Å². The van der Waals surface area contributed by atoms with E-state index in [-0.39, 0.29) is 12.8 Å². The van der Waals surface area contributed by atoms with Crippen LogP contribution < -0.4 is 25.0 Å². The van der Waals surface area contributed by atoms with E-state index in [2.05, 4.69) is 30.7 Å². The number of benzene rings is 1. The van der Waals surface area contributed by atoms with Gasteiger partial charge in [0.25, 0.3) is 0 Å². The number of rotatable bonds is 4. The van der Waals surface area contributed by atoms with Crippen LogP contribution in [0.2, 0.25) is 0 Å². The number of nitrogens with zero attached hydrogens (tertiary/aromatic N) is 5. The van der Waals surface area contributed by atoms with Crippen LogP contribution in [0.1, 0.15) is 0 Å². The standard InChI is InChI=1S/C21H21N7O3/c29-21(24-15-3-4-17-18(12-15)31-14-30-17)28-10-8-27(9-11-28)20-6-5-19(25-26-20)23-16-2-1-7-22-13-16/h1-7,12-13H,8-11,14H2,(H,23,25)(H,24,29). The minimum absolute atomic E-state index is 0.138. The van der Waals surface area contributed by atoms with Gasteiger partial charge in [0.2, 0.25) is 6.79 Å². The van der Waals surface area contributed by atoms with Gasteiger partial charge < -0.3 is 29.9 Å². The van der Waals surface area contributed by atoms with Crippen LogP contribution in [-0.2, 0) is 0 Å². The number of hydrogen-bond donors (Lipinski definition) is 2. The summed E-state index contributed by atoms with van der Waals surface area (Å²) in [6.07, 6.45) is 3.44. The van der Waals surface area contributed by atoms with Crippen LogP contribution >= 0.6 is 0 Å². The molecule has 2 aromatic heterocycles. The van der Waals surface area contributed by atoms with Gasteiger partial charge in [0, 0.05) is 44.1 Å². The minimum atomic E-state index is -0.138. The highest BCUT2D eigenvalue weighted by Gasteiger charge is 2.23. The van der Waals surface area contributed by atoms with Gasteiger partial charge >= 0.3 is 6.03 Å². The molecule has 1 saturated heterocycles. The lowest BCUT2D eigenvalue weighted by molar-refractivity contribution is 0.174. The van der Waals surface area contributed by atoms with E-state index in [0.717, 1.165) is 11.5 Å². The van der Waals surface area contributed by atoms with Crippen molar-refractivity contribution in [2.24, 2.45) is 0 Å². The molecule has 31 heavy (non-hydrogen) atoms. The van der Waals surface area contributed by atoms with Crippen molar-refractivity contribution in [2.75, 3.05) is 48.5 Å². The number of ether oxygens (including phenoxy) is 2. The lowest BCUT2D eigenvalue weighted by Crippen LogP contribution is -2.50. The van der Waals surface area contributed by atoms with Gasteiger partial charge in [-0.25, -0.2) is 4.79 Å². The number of carbonyl (C=O) groups is 1. The number of amides is 2. The zero-order valence-electron chi connectivity index (χ0n) is 16.7. The number of aromatic nitrogens is 3. The Morgan fingerprint density at radius 1 is 0.935 bits per heavy atom. The first-order valence-corrected chi connectivity index (χ1v) is 9.96. The normalized spacial score (nSPS) is 15.0. The van der Waals surface area contributed by atoms with Crippen LogP contribution in [0.4, 0.5) is 27.8 Å². The van der Waals surface area contributed by atoms with Gasteiger partial charge in [-0.3, -0.25) is 4.98 Å². The third-order valence-corrected chi connectivity index (χ3v) is 5.10. The highest BCUT2D eigenvalue weighted by Crippen LogP contribution is 2.34. The van der Waals surface area contributed by atoms with Gasteiger partial charge in [-0.2, -0.15) is 0 Å². The molecule has 10 heteroatoms. The predicted octanol–water partition coefficient (Wildman–Crippen LogP) is 2.70. The number of carbonyl (C=O) groups excluding carboxylic acids is 1. The van der Waals surface area contributed by atoms with E-state index in [1.165, 1.54) is 0 Å². The van der Waals surface area contributed by atoms with Crippen LogP contribution in [0, 0.1) is 0 Å². The topological polar surface area (TPSA) is 105 Å². The summed E-state index contributed by atoms with van der Waals surface area (Å²) in [6, 6.07) is 12.8. The molecule has 0 atom stereocenters. The van der Waals surface area contributed by atoms with Gasteiger partial charge in [0.15, 0.2) is 23.1 Å². The molecule has 2 aliphatic heterocycles. The smallest absolute Gasteiger partial charge is 0.321 e. The fourth-order valence-corrected chi connectivity index (χ4v) is 3.46. The van der Waals surface area contributed by atoms with Crippen LogP contribution in [0.3, 0.4) is 0 Å². The van der Waals surface area contributed by atoms with Crippen molar-refractivity contribution in [1.29, 1.82) is 0 Å². The van der Waals surface area contributed by atoms with Gasteiger partial charge in [-0.15, -0.1) is 10.2 Å². The van der Waals surface area contributed by atoms with Crippen molar-refractivity contribution >= 4 is 29.0 Å². The first-order chi connectivity index (χ1) is 15.2. The molecule has 3 aromatic rings. The SMILES string of the molecule is O=C(Nc1ccc2c(c1)OCO2)N1CCN(c2ccc(Nc3cccnc3)nn2)CC1. The summed E-state index contributed by atoms with van der Waals surface area (Å²) in [5, 5.41) is 14.6. The molecule has 4 heterocycles. The van der Waals surface area contributed by atoms with Crippen molar-refractivity contribution in [3.05, 3.63) is 54.9 Å². The molecule has 0 unspecified atom stereocenters. The van der Waals surface area contributed by atoms with E-state index >= 15 is 0 Å². The average Bonchev–Trinajstić information content (AvgIpc) is 3.28. The van der Waals surface area contributed by atoms with Crippen molar-refractivity contribution in [2.45, 2.75) is 0 Å². The molecule has 2 N–H and O–H groups in total. The van der Waals surface area contributed by atoms with E-state index in [4.69, 9.17) is 9.47 Å². The Morgan fingerprint density at radius 2 is 1.81 bits per heavy atom. The Bertz CT molecular complexity index is 1050. The molecular formula is C21H21N7O3. The second kappa shape index (κ2) is 8.34. The summed E-state index contributed by atoms with van der Waals surface area (Å²) in [5.41, 5.74) is 1.53. The van der Waals surface area contributed by atoms with E-state index in [9.17, 15) is 4.79 Å². The van der Waals surface area contributed by atoms with Crippen LogP contribution in [0.5, 0.6) is 11.5 Å². The summed E-state index contributed by atoms with van der Waals surface area (Å²) in [6.45, 7) is 2.75. The lowest BCUT2D eigenvalue weighted by Gasteiger charge is -2.35. The van der Waals surface area contributed by atoms with Crippen LogP contribution in [0.15, 0.2) is 54.9 Å². The summed E-state index contributed by atoms with van der Waals surface area (Å²) < 4.78 is 10.7. The molecule has 0 aliphatic carbocycles. The third kappa shape index (κ3) is 4.27. The first-order valence-electron chi connectivity index (χ1n) is 9.96. The average molecular weight is 419 g/mol. The zero-order valence-corrected chi connectivity index (χ0v) is 16.7. The second-order valence-electron chi connectivity index (χ2n) is 7.12. The van der Waals surface area contributed by atoms with Crippen molar-refractivity contribution in [1.82, 2.24) is 20.1 Å². The van der Waals surface area contributed by atoms with Crippen LogP contribution in [-0.4, -0.2) is 59.1 Å². The molecule has 2 aliphatic rings. The molecule has 0 radical (unpaired) electrons. The monoisotopic (exact) mass is 419 g/mol. The van der Waals surface area contributed by atoms with Gasteiger partial charge in [0.05, 0.1) is 11.9 Å². The predicted molar refractivity (Wildman–Crippen MR) is 115 cm³/mol. The number of piperazine rings is 1. The van der Waals surface area contributed by atoms with Gasteiger partial charge in [-0.05, 0) is 36.4 Å². The Kier molecular flexibility index (Phi) is 5.09. The number of fused-ring (bicyclic) bond motifs is 1. The molecule has 1 aromatic carbocycles. The maximum absolute atomic E-state index is 12.6. The number of urea groups is 1. The molecule has 0 saturated carbocycles. The third-order valence-electron chi connectivity index (χ3n) is 5.10. The van der Waals surface area contributed by atoms with Crippen LogP contribution in [0.25, 0.3) is 0 Å². The van der Waals surface area contributed by atoms with E-state index in [1.54, 1.807) is 35.5 Å². The summed E-state index contributed by atoms with van der Waals surface area (Å²) in [7, 11) is 0. The molecule has 2 amide bonds. The fourth-order valence-electron chi connectivity index (χ4n) is 3.46. The Hall–Kier alpha value is -4.08. The number of anilines is 4. The Labute approximate surface area is 178 Å². The molecular weight excluding hydrogens is 398 g/mol. The Balaban J connectivity index is 1.14. The zero-order chi connectivity index (χ0) is 21.0. The fraction of sp³-hybridized carbons (Fsp3) is 0.238. The van der Waals surface area contributed by atoms with E-state index in [1.807, 2.05) is 24.3 Å². The molecule has 0 bridgehead atoms. The highest BCUT2D eigenvalue weighted by atomic mass is 16.7. The van der Waals surface area contributed by atoms with E-state index in [0.29, 0.717) is 49.2 Å². The summed E-state index contributed by atoms with van der Waals surface area (Å²) >= 11 is 0. The van der Waals surface area contributed by atoms with Crippen molar-refractivity contribution < 1.29 is 14.3 Å². The summed E-state index contributed by atoms with van der Waals surface area (Å²) in [4.78, 5) is 20.6. The molecule has 5 rings (SSSR count). The largest absolute Gasteiger partial charge is 0.454 e. The highest BCUT2D eigenvalue weighted by molar-refractivity contribution is 5.90. The van der Waals surface area contributed by atoms with Gasteiger partial charge in [-0.1, -0.05) is 0 Å². The number of hydrogen-bond acceptors (Lipinski definition) is 8. The quantitative estimate of drug-likeness (QED) is 0.665. The first kappa shape index (κ1) is 18.9. The molecule has 0 spiro atoms. The maximum Gasteiger partial charge on any atom is 0.321 e. The van der Waals surface area contributed by atoms with Crippen molar-refractivity contribution in [3.8, 4) is 11.5 Å². The van der Waals surface area contributed by atoms with Gasteiger partial charge in [0.1, 0.15) is 0 Å². The number of pyridine rings is 1. The molecule has 158 valence electrons. The molecule has 1 fully saturated rings.